The molecule has 1 fully saturated rings. The largest absolute Gasteiger partial charge is 0.371 e. The highest BCUT2D eigenvalue weighted by Crippen LogP contribution is 2.27. The van der Waals surface area contributed by atoms with E-state index in [9.17, 15) is 0 Å². The van der Waals surface area contributed by atoms with Crippen LogP contribution in [0.1, 0.15) is 11.7 Å². The van der Waals surface area contributed by atoms with E-state index < -0.39 is 0 Å². The van der Waals surface area contributed by atoms with Gasteiger partial charge in [0.1, 0.15) is 0 Å². The minimum Gasteiger partial charge on any atom is -0.371 e. The Balaban J connectivity index is 1.89. The summed E-state index contributed by atoms with van der Waals surface area (Å²) in [5.41, 5.74) is 2.28. The van der Waals surface area contributed by atoms with Gasteiger partial charge in [-0.1, -0.05) is 6.07 Å². The smallest absolute Gasteiger partial charge is 0.0992 e. The molecule has 2 heterocycles. The number of rotatable bonds is 2. The second kappa shape index (κ2) is 5.22. The maximum atomic E-state index is 5.75. The maximum absolute atomic E-state index is 5.75. The van der Waals surface area contributed by atoms with Crippen LogP contribution in [0.3, 0.4) is 0 Å². The molecule has 3 rings (SSSR count). The summed E-state index contributed by atoms with van der Waals surface area (Å²) < 4.78 is 8.78. The third-order valence-electron chi connectivity index (χ3n) is 3.05. The Hall–Kier alpha value is -1.17. The lowest BCUT2D eigenvalue weighted by Crippen LogP contribution is -2.33. The number of hydrogen-bond acceptors (Lipinski definition) is 3. The quantitative estimate of drug-likeness (QED) is 0.925. The number of imidazole rings is 1. The zero-order valence-electron chi connectivity index (χ0n) is 9.84. The molecule has 1 aliphatic rings. The van der Waals surface area contributed by atoms with E-state index in [0.29, 0.717) is 0 Å². The number of hydrogen-bond donors (Lipinski definition) is 1. The SMILES string of the molecule is Brc1cc(C2CNCCO2)ccc1-n1ccnc1. The topological polar surface area (TPSA) is 39.1 Å². The van der Waals surface area contributed by atoms with E-state index in [-0.39, 0.29) is 6.10 Å². The van der Waals surface area contributed by atoms with Crippen LogP contribution in [0.15, 0.2) is 41.4 Å². The predicted octanol–water partition coefficient (Wildman–Crippen LogP) is 2.30. The van der Waals surface area contributed by atoms with Crippen molar-refractivity contribution < 1.29 is 4.74 Å². The Morgan fingerprint density at radius 1 is 1.44 bits per heavy atom. The van der Waals surface area contributed by atoms with Gasteiger partial charge in [0.2, 0.25) is 0 Å². The molecule has 1 atom stereocenters. The Bertz CT molecular complexity index is 521. The third kappa shape index (κ3) is 2.34. The first-order valence-electron chi connectivity index (χ1n) is 5.95. The molecule has 5 heteroatoms. The minimum atomic E-state index is 0.145. The summed E-state index contributed by atoms with van der Waals surface area (Å²) in [7, 11) is 0. The van der Waals surface area contributed by atoms with Crippen molar-refractivity contribution in [2.45, 2.75) is 6.10 Å². The molecule has 0 radical (unpaired) electrons. The molecule has 1 aliphatic heterocycles. The number of ether oxygens (including phenoxy) is 1. The monoisotopic (exact) mass is 307 g/mol. The zero-order valence-corrected chi connectivity index (χ0v) is 11.4. The number of nitrogens with one attached hydrogen (secondary N) is 1. The molecule has 1 saturated heterocycles. The van der Waals surface area contributed by atoms with Crippen molar-refractivity contribution in [2.24, 2.45) is 0 Å². The van der Waals surface area contributed by atoms with Gasteiger partial charge >= 0.3 is 0 Å². The van der Waals surface area contributed by atoms with Crippen LogP contribution in [0.25, 0.3) is 5.69 Å². The van der Waals surface area contributed by atoms with Crippen molar-refractivity contribution in [3.8, 4) is 5.69 Å². The Morgan fingerprint density at radius 2 is 2.39 bits per heavy atom. The summed E-state index contributed by atoms with van der Waals surface area (Å²) >= 11 is 3.61. The molecule has 0 aliphatic carbocycles. The van der Waals surface area contributed by atoms with Gasteiger partial charge in [-0.15, -0.1) is 0 Å². The fraction of sp³-hybridized carbons (Fsp3) is 0.308. The van der Waals surface area contributed by atoms with Gasteiger partial charge in [0.05, 0.1) is 24.7 Å². The highest BCUT2D eigenvalue weighted by atomic mass is 79.9. The van der Waals surface area contributed by atoms with Crippen molar-refractivity contribution in [1.29, 1.82) is 0 Å². The van der Waals surface area contributed by atoms with E-state index in [4.69, 9.17) is 4.74 Å². The van der Waals surface area contributed by atoms with E-state index in [1.54, 1.807) is 12.5 Å². The molecule has 1 unspecified atom stereocenters. The van der Waals surface area contributed by atoms with Crippen molar-refractivity contribution >= 4 is 15.9 Å². The van der Waals surface area contributed by atoms with Crippen molar-refractivity contribution in [3.63, 3.8) is 0 Å². The van der Waals surface area contributed by atoms with Crippen molar-refractivity contribution in [3.05, 3.63) is 47.0 Å². The molecule has 0 bridgehead atoms. The van der Waals surface area contributed by atoms with Crippen molar-refractivity contribution in [2.75, 3.05) is 19.7 Å². The molecular weight excluding hydrogens is 294 g/mol. The first-order chi connectivity index (χ1) is 8.84. The van der Waals surface area contributed by atoms with Crippen LogP contribution in [0.2, 0.25) is 0 Å². The second-order valence-corrected chi connectivity index (χ2v) is 5.10. The number of morpholine rings is 1. The number of benzene rings is 1. The fourth-order valence-corrected chi connectivity index (χ4v) is 2.72. The normalized spacial score (nSPS) is 19.9. The van der Waals surface area contributed by atoms with Gasteiger partial charge in [-0.3, -0.25) is 0 Å². The van der Waals surface area contributed by atoms with Gasteiger partial charge in [-0.25, -0.2) is 4.98 Å². The summed E-state index contributed by atoms with van der Waals surface area (Å²) in [4.78, 5) is 4.06. The minimum absolute atomic E-state index is 0.145. The molecular formula is C13H14BrN3O. The lowest BCUT2D eigenvalue weighted by Gasteiger charge is -2.24. The Labute approximate surface area is 114 Å². The van der Waals surface area contributed by atoms with Crippen LogP contribution in [0.4, 0.5) is 0 Å². The number of aromatic nitrogens is 2. The average molecular weight is 308 g/mol. The van der Waals surface area contributed by atoms with E-state index in [1.807, 2.05) is 10.8 Å². The van der Waals surface area contributed by atoms with Gasteiger partial charge in [0.15, 0.2) is 0 Å². The van der Waals surface area contributed by atoms with Crippen LogP contribution < -0.4 is 5.32 Å². The molecule has 0 amide bonds. The van der Waals surface area contributed by atoms with Crippen molar-refractivity contribution in [1.82, 2.24) is 14.9 Å². The summed E-state index contributed by atoms with van der Waals surface area (Å²) in [6.07, 6.45) is 5.64. The van der Waals surface area contributed by atoms with E-state index in [0.717, 1.165) is 29.9 Å². The molecule has 18 heavy (non-hydrogen) atoms. The summed E-state index contributed by atoms with van der Waals surface area (Å²) in [5, 5.41) is 3.34. The van der Waals surface area contributed by atoms with E-state index in [2.05, 4.69) is 44.4 Å². The van der Waals surface area contributed by atoms with E-state index >= 15 is 0 Å². The average Bonchev–Trinajstić information content (AvgIpc) is 2.93. The first kappa shape index (κ1) is 11.9. The first-order valence-corrected chi connectivity index (χ1v) is 6.74. The lowest BCUT2D eigenvalue weighted by molar-refractivity contribution is 0.0277. The summed E-state index contributed by atoms with van der Waals surface area (Å²) in [6.45, 7) is 2.58. The second-order valence-electron chi connectivity index (χ2n) is 4.24. The zero-order chi connectivity index (χ0) is 12.4. The summed E-state index contributed by atoms with van der Waals surface area (Å²) in [5.74, 6) is 0. The highest BCUT2D eigenvalue weighted by Gasteiger charge is 2.16. The van der Waals surface area contributed by atoms with Gasteiger partial charge in [-0.05, 0) is 33.6 Å². The predicted molar refractivity (Wildman–Crippen MR) is 72.8 cm³/mol. The molecule has 0 spiro atoms. The molecule has 0 saturated carbocycles. The number of halogens is 1. The molecule has 4 nitrogen and oxygen atoms in total. The number of nitrogens with zero attached hydrogens (tertiary/aromatic N) is 2. The van der Waals surface area contributed by atoms with Crippen LogP contribution in [0, 0.1) is 0 Å². The van der Waals surface area contributed by atoms with Gasteiger partial charge in [-0.2, -0.15) is 0 Å². The Kier molecular flexibility index (Phi) is 3.45. The molecule has 94 valence electrons. The fourth-order valence-electron chi connectivity index (χ4n) is 2.11. The standard InChI is InChI=1S/C13H14BrN3O/c14-11-7-10(13-8-15-4-6-18-13)1-2-12(11)17-5-3-16-9-17/h1-3,5,7,9,13,15H,4,6,8H2. The van der Waals surface area contributed by atoms with Crippen LogP contribution >= 0.6 is 15.9 Å². The van der Waals surface area contributed by atoms with Gasteiger partial charge in [0, 0.05) is 30.0 Å². The van der Waals surface area contributed by atoms with Crippen LogP contribution in [0.5, 0.6) is 0 Å². The van der Waals surface area contributed by atoms with Crippen LogP contribution in [-0.4, -0.2) is 29.2 Å². The molecule has 2 aromatic rings. The third-order valence-corrected chi connectivity index (χ3v) is 3.69. The molecule has 1 aromatic heterocycles. The highest BCUT2D eigenvalue weighted by molar-refractivity contribution is 9.10. The summed E-state index contributed by atoms with van der Waals surface area (Å²) in [6, 6.07) is 6.31. The van der Waals surface area contributed by atoms with E-state index in [1.165, 1.54) is 5.56 Å². The molecule has 1 aromatic carbocycles. The molecule has 1 N–H and O–H groups in total. The van der Waals surface area contributed by atoms with Gasteiger partial charge < -0.3 is 14.6 Å². The van der Waals surface area contributed by atoms with Gasteiger partial charge in [0.25, 0.3) is 0 Å². The lowest BCUT2D eigenvalue weighted by atomic mass is 10.1. The maximum Gasteiger partial charge on any atom is 0.0992 e. The Morgan fingerprint density at radius 3 is 3.06 bits per heavy atom. The van der Waals surface area contributed by atoms with Crippen LogP contribution in [-0.2, 0) is 4.74 Å².